The standard InChI is InChI=1S/C12H13N3O/c1-8-12(2,7-16-15-8)10-5-9-3-4-13-11(9)14-6-10/h3-6H,7H2,1-2H3,(H,13,14). The van der Waals surface area contributed by atoms with Crippen molar-refractivity contribution in [2.45, 2.75) is 19.3 Å². The van der Waals surface area contributed by atoms with Gasteiger partial charge in [0.15, 0.2) is 0 Å². The van der Waals surface area contributed by atoms with Gasteiger partial charge in [-0.2, -0.15) is 0 Å². The van der Waals surface area contributed by atoms with E-state index in [9.17, 15) is 0 Å². The molecule has 1 atom stereocenters. The average Bonchev–Trinajstić information content (AvgIpc) is 2.86. The van der Waals surface area contributed by atoms with E-state index in [4.69, 9.17) is 4.84 Å². The van der Waals surface area contributed by atoms with Crippen molar-refractivity contribution in [1.29, 1.82) is 0 Å². The predicted molar refractivity (Wildman–Crippen MR) is 62.5 cm³/mol. The van der Waals surface area contributed by atoms with Crippen molar-refractivity contribution < 1.29 is 4.84 Å². The Kier molecular flexibility index (Phi) is 1.80. The van der Waals surface area contributed by atoms with E-state index in [1.165, 1.54) is 0 Å². The fourth-order valence-electron chi connectivity index (χ4n) is 2.00. The van der Waals surface area contributed by atoms with Crippen LogP contribution in [0.4, 0.5) is 0 Å². The Bertz CT molecular complexity index is 572. The Balaban J connectivity index is 2.15. The Morgan fingerprint density at radius 2 is 2.38 bits per heavy atom. The third-order valence-electron chi connectivity index (χ3n) is 3.39. The zero-order valence-corrected chi connectivity index (χ0v) is 9.32. The Morgan fingerprint density at radius 3 is 3.12 bits per heavy atom. The molecule has 0 saturated carbocycles. The molecule has 16 heavy (non-hydrogen) atoms. The molecule has 1 aliphatic rings. The summed E-state index contributed by atoms with van der Waals surface area (Å²) >= 11 is 0. The van der Waals surface area contributed by atoms with Gasteiger partial charge in [-0.1, -0.05) is 5.16 Å². The lowest BCUT2D eigenvalue weighted by Gasteiger charge is -2.21. The molecule has 1 N–H and O–H groups in total. The maximum absolute atomic E-state index is 5.17. The fourth-order valence-corrected chi connectivity index (χ4v) is 2.00. The van der Waals surface area contributed by atoms with Gasteiger partial charge < -0.3 is 9.82 Å². The van der Waals surface area contributed by atoms with Crippen LogP contribution in [0.2, 0.25) is 0 Å². The molecule has 0 fully saturated rings. The summed E-state index contributed by atoms with van der Waals surface area (Å²) in [4.78, 5) is 12.7. The Hall–Kier alpha value is -1.84. The van der Waals surface area contributed by atoms with Gasteiger partial charge in [0.05, 0.1) is 11.1 Å². The first-order valence-corrected chi connectivity index (χ1v) is 5.31. The number of oxime groups is 1. The second-order valence-electron chi connectivity index (χ2n) is 4.42. The molecule has 3 heterocycles. The van der Waals surface area contributed by atoms with Crippen LogP contribution in [-0.4, -0.2) is 22.3 Å². The molecular weight excluding hydrogens is 202 g/mol. The molecule has 3 rings (SSSR count). The number of fused-ring (bicyclic) bond motifs is 1. The average molecular weight is 215 g/mol. The number of nitrogens with one attached hydrogen (secondary N) is 1. The van der Waals surface area contributed by atoms with Gasteiger partial charge in [0, 0.05) is 17.8 Å². The molecule has 1 unspecified atom stereocenters. The van der Waals surface area contributed by atoms with Gasteiger partial charge >= 0.3 is 0 Å². The predicted octanol–water partition coefficient (Wildman–Crippen LogP) is 2.23. The molecule has 4 heteroatoms. The van der Waals surface area contributed by atoms with E-state index in [1.807, 2.05) is 25.4 Å². The number of aromatic nitrogens is 2. The summed E-state index contributed by atoms with van der Waals surface area (Å²) in [6.45, 7) is 4.72. The van der Waals surface area contributed by atoms with E-state index in [0.29, 0.717) is 6.61 Å². The van der Waals surface area contributed by atoms with Gasteiger partial charge in [-0.15, -0.1) is 0 Å². The number of H-pyrrole nitrogens is 1. The lowest BCUT2D eigenvalue weighted by molar-refractivity contribution is 0.148. The highest BCUT2D eigenvalue weighted by Crippen LogP contribution is 2.31. The number of nitrogens with zero attached hydrogens (tertiary/aromatic N) is 2. The Labute approximate surface area is 93.3 Å². The van der Waals surface area contributed by atoms with Gasteiger partial charge in [0.1, 0.15) is 12.3 Å². The van der Waals surface area contributed by atoms with Gasteiger partial charge in [-0.25, -0.2) is 4.98 Å². The molecule has 0 saturated heterocycles. The molecule has 82 valence electrons. The molecule has 2 aromatic rings. The van der Waals surface area contributed by atoms with E-state index in [0.717, 1.165) is 22.3 Å². The molecule has 0 amide bonds. The fraction of sp³-hybridized carbons (Fsp3) is 0.333. The van der Waals surface area contributed by atoms with Crippen LogP contribution in [0.25, 0.3) is 11.0 Å². The summed E-state index contributed by atoms with van der Waals surface area (Å²) in [6, 6.07) is 4.17. The van der Waals surface area contributed by atoms with Crippen LogP contribution in [0, 0.1) is 0 Å². The van der Waals surface area contributed by atoms with E-state index in [-0.39, 0.29) is 5.41 Å². The van der Waals surface area contributed by atoms with Gasteiger partial charge in [-0.05, 0) is 31.5 Å². The zero-order chi connectivity index (χ0) is 11.2. The van der Waals surface area contributed by atoms with E-state index < -0.39 is 0 Å². The van der Waals surface area contributed by atoms with Crippen LogP contribution in [-0.2, 0) is 10.3 Å². The minimum atomic E-state index is -0.140. The van der Waals surface area contributed by atoms with Crippen molar-refractivity contribution in [2.24, 2.45) is 5.16 Å². The summed E-state index contributed by atoms with van der Waals surface area (Å²) < 4.78 is 0. The molecular formula is C12H13N3O. The largest absolute Gasteiger partial charge is 0.394 e. The van der Waals surface area contributed by atoms with Crippen molar-refractivity contribution in [2.75, 3.05) is 6.61 Å². The van der Waals surface area contributed by atoms with Gasteiger partial charge in [0.25, 0.3) is 0 Å². The zero-order valence-electron chi connectivity index (χ0n) is 9.32. The minimum absolute atomic E-state index is 0.140. The van der Waals surface area contributed by atoms with Crippen molar-refractivity contribution in [3.8, 4) is 0 Å². The highest BCUT2D eigenvalue weighted by molar-refractivity contribution is 5.94. The van der Waals surface area contributed by atoms with Gasteiger partial charge in [-0.3, -0.25) is 0 Å². The normalized spacial score (nSPS) is 24.5. The molecule has 0 radical (unpaired) electrons. The van der Waals surface area contributed by atoms with Crippen LogP contribution >= 0.6 is 0 Å². The van der Waals surface area contributed by atoms with Crippen LogP contribution in [0.1, 0.15) is 19.4 Å². The highest BCUT2D eigenvalue weighted by Gasteiger charge is 2.36. The summed E-state index contributed by atoms with van der Waals surface area (Å²) in [5.74, 6) is 0. The summed E-state index contributed by atoms with van der Waals surface area (Å²) in [6.07, 6.45) is 3.79. The van der Waals surface area contributed by atoms with Crippen LogP contribution in [0.15, 0.2) is 29.7 Å². The lowest BCUT2D eigenvalue weighted by atomic mass is 9.80. The topological polar surface area (TPSA) is 50.3 Å². The number of pyridine rings is 1. The summed E-state index contributed by atoms with van der Waals surface area (Å²) in [7, 11) is 0. The number of hydrogen-bond donors (Lipinski definition) is 1. The third-order valence-corrected chi connectivity index (χ3v) is 3.39. The Morgan fingerprint density at radius 1 is 1.50 bits per heavy atom. The first-order valence-electron chi connectivity index (χ1n) is 5.31. The third kappa shape index (κ3) is 1.16. The summed E-state index contributed by atoms with van der Waals surface area (Å²) in [5.41, 5.74) is 2.93. The number of hydrogen-bond acceptors (Lipinski definition) is 3. The quantitative estimate of drug-likeness (QED) is 0.793. The van der Waals surface area contributed by atoms with E-state index >= 15 is 0 Å². The molecule has 0 spiro atoms. The molecule has 4 nitrogen and oxygen atoms in total. The van der Waals surface area contributed by atoms with Crippen LogP contribution in [0.3, 0.4) is 0 Å². The molecule has 0 aliphatic carbocycles. The SMILES string of the molecule is CC1=NOCC1(C)c1cnc2[nH]ccc2c1. The monoisotopic (exact) mass is 215 g/mol. The maximum Gasteiger partial charge on any atom is 0.137 e. The summed E-state index contributed by atoms with van der Waals surface area (Å²) in [5, 5.41) is 5.14. The molecule has 1 aliphatic heterocycles. The smallest absolute Gasteiger partial charge is 0.137 e. The van der Waals surface area contributed by atoms with Gasteiger partial charge in [0.2, 0.25) is 0 Å². The van der Waals surface area contributed by atoms with Crippen LogP contribution in [0.5, 0.6) is 0 Å². The molecule has 0 bridgehead atoms. The number of aromatic amines is 1. The lowest BCUT2D eigenvalue weighted by Crippen LogP contribution is -2.30. The second kappa shape index (κ2) is 3.07. The number of rotatable bonds is 1. The minimum Gasteiger partial charge on any atom is -0.394 e. The maximum atomic E-state index is 5.17. The first kappa shape index (κ1) is 9.39. The highest BCUT2D eigenvalue weighted by atomic mass is 16.6. The van der Waals surface area contributed by atoms with Crippen molar-refractivity contribution >= 4 is 16.7 Å². The van der Waals surface area contributed by atoms with Crippen molar-refractivity contribution in [1.82, 2.24) is 9.97 Å². The van der Waals surface area contributed by atoms with E-state index in [2.05, 4.69) is 28.1 Å². The van der Waals surface area contributed by atoms with Crippen molar-refractivity contribution in [3.63, 3.8) is 0 Å². The van der Waals surface area contributed by atoms with E-state index in [1.54, 1.807) is 0 Å². The first-order chi connectivity index (χ1) is 7.70. The second-order valence-corrected chi connectivity index (χ2v) is 4.42. The van der Waals surface area contributed by atoms with Crippen molar-refractivity contribution in [3.05, 3.63) is 30.1 Å². The molecule has 0 aromatic carbocycles. The molecule has 2 aromatic heterocycles. The van der Waals surface area contributed by atoms with Crippen LogP contribution < -0.4 is 0 Å².